The third kappa shape index (κ3) is 3.54. The number of nitrogens with one attached hydrogen (secondary N) is 2. The number of hydrogen-bond donors (Lipinski definition) is 4. The van der Waals surface area contributed by atoms with E-state index in [1.54, 1.807) is 19.1 Å². The highest BCUT2D eigenvalue weighted by atomic mass is 16.2. The molecule has 0 aliphatic carbocycles. The van der Waals surface area contributed by atoms with Crippen molar-refractivity contribution in [2.75, 3.05) is 14.1 Å². The van der Waals surface area contributed by atoms with Gasteiger partial charge in [0.25, 0.3) is 5.91 Å². The second-order valence-electron chi connectivity index (χ2n) is 2.40. The number of rotatable bonds is 4. The van der Waals surface area contributed by atoms with Crippen LogP contribution < -0.4 is 22.4 Å². The predicted octanol–water partition coefficient (Wildman–Crippen LogP) is -2.13. The van der Waals surface area contributed by atoms with Gasteiger partial charge in [-0.1, -0.05) is 0 Å². The summed E-state index contributed by atoms with van der Waals surface area (Å²) in [5.74, 6) is 4.39. The number of hydrazine groups is 2. The first-order valence-electron chi connectivity index (χ1n) is 3.44. The molecule has 0 unspecified atom stereocenters. The summed E-state index contributed by atoms with van der Waals surface area (Å²) in [6.45, 7) is 3.20. The summed E-state index contributed by atoms with van der Waals surface area (Å²) in [6, 6.07) is 0. The van der Waals surface area contributed by atoms with Crippen molar-refractivity contribution in [2.45, 2.75) is 0 Å². The Bertz CT molecular complexity index is 233. The fraction of sp³-hybridized carbons (Fsp3) is 0.333. The lowest BCUT2D eigenvalue weighted by Gasteiger charge is -2.14. The minimum absolute atomic E-state index is 0.0452. The maximum atomic E-state index is 11.0. The molecule has 0 spiro atoms. The molecule has 0 rings (SSSR count). The topological polar surface area (TPSA) is 109 Å². The van der Waals surface area contributed by atoms with Crippen LogP contribution in [0.3, 0.4) is 0 Å². The number of aliphatic imine (C=N–C) groups is 1. The molecule has 0 aliphatic rings. The molecule has 1 amide bonds. The third-order valence-electron chi connectivity index (χ3n) is 1.10. The van der Waals surface area contributed by atoms with Crippen molar-refractivity contribution >= 4 is 12.6 Å². The van der Waals surface area contributed by atoms with Gasteiger partial charge in [0, 0.05) is 14.1 Å². The molecule has 0 heterocycles. The molecule has 0 atom stereocenters. The first-order valence-corrected chi connectivity index (χ1v) is 3.44. The van der Waals surface area contributed by atoms with Crippen molar-refractivity contribution in [3.8, 4) is 0 Å². The minimum atomic E-state index is -0.596. The lowest BCUT2D eigenvalue weighted by Crippen LogP contribution is -2.38. The minimum Gasteiger partial charge on any atom is -0.383 e. The van der Waals surface area contributed by atoms with Crippen molar-refractivity contribution in [1.82, 2.24) is 15.9 Å². The van der Waals surface area contributed by atoms with Gasteiger partial charge in [-0.15, -0.1) is 0 Å². The Hall–Kier alpha value is -1.60. The molecule has 0 aromatic rings. The molecule has 0 radical (unpaired) electrons. The van der Waals surface area contributed by atoms with Crippen molar-refractivity contribution in [3.05, 3.63) is 11.5 Å². The van der Waals surface area contributed by atoms with Gasteiger partial charge < -0.3 is 11.2 Å². The van der Waals surface area contributed by atoms with E-state index in [-0.39, 0.29) is 11.5 Å². The summed E-state index contributed by atoms with van der Waals surface area (Å²) < 4.78 is 0. The number of carbonyl (C=O) groups excluding carboxylic acids is 1. The van der Waals surface area contributed by atoms with Crippen LogP contribution in [0.4, 0.5) is 0 Å². The maximum absolute atomic E-state index is 11.0. The number of carbonyl (C=O) groups is 1. The predicted molar refractivity (Wildman–Crippen MR) is 49.9 cm³/mol. The van der Waals surface area contributed by atoms with E-state index in [0.717, 1.165) is 0 Å². The van der Waals surface area contributed by atoms with Crippen LogP contribution in [0.2, 0.25) is 0 Å². The van der Waals surface area contributed by atoms with Gasteiger partial charge in [0.05, 0.1) is 0 Å². The molecule has 0 aromatic carbocycles. The van der Waals surface area contributed by atoms with E-state index >= 15 is 0 Å². The summed E-state index contributed by atoms with van der Waals surface area (Å²) in [5.41, 5.74) is 9.99. The number of nitrogens with zero attached hydrogens (tertiary/aromatic N) is 2. The Morgan fingerprint density at radius 1 is 1.54 bits per heavy atom. The van der Waals surface area contributed by atoms with Crippen molar-refractivity contribution in [3.63, 3.8) is 0 Å². The van der Waals surface area contributed by atoms with E-state index in [0.29, 0.717) is 0 Å². The van der Waals surface area contributed by atoms with Crippen LogP contribution in [-0.2, 0) is 4.79 Å². The number of nitrogens with two attached hydrogens (primary N) is 2. The van der Waals surface area contributed by atoms with Crippen molar-refractivity contribution in [2.24, 2.45) is 16.6 Å². The normalized spacial score (nSPS) is 12.0. The van der Waals surface area contributed by atoms with Crippen LogP contribution in [0.25, 0.3) is 0 Å². The van der Waals surface area contributed by atoms with Crippen LogP contribution in [0, 0.1) is 0 Å². The van der Waals surface area contributed by atoms with Gasteiger partial charge in [0.2, 0.25) is 0 Å². The van der Waals surface area contributed by atoms with Crippen LogP contribution >= 0.6 is 0 Å². The first kappa shape index (κ1) is 11.4. The third-order valence-corrected chi connectivity index (χ3v) is 1.10. The van der Waals surface area contributed by atoms with Crippen molar-refractivity contribution < 1.29 is 4.79 Å². The molecule has 0 bridgehead atoms. The summed E-state index contributed by atoms with van der Waals surface area (Å²) in [7, 11) is 3.43. The van der Waals surface area contributed by atoms with Crippen LogP contribution in [-0.4, -0.2) is 31.7 Å². The van der Waals surface area contributed by atoms with Gasteiger partial charge in [-0.25, -0.2) is 10.9 Å². The van der Waals surface area contributed by atoms with Gasteiger partial charge in [-0.2, -0.15) is 0 Å². The zero-order chi connectivity index (χ0) is 10.4. The molecule has 7 heteroatoms. The largest absolute Gasteiger partial charge is 0.383 e. The highest BCUT2D eigenvalue weighted by molar-refractivity contribution is 5.93. The van der Waals surface area contributed by atoms with Crippen LogP contribution in [0.1, 0.15) is 0 Å². The molecular formula is C6H14N6O. The van der Waals surface area contributed by atoms with E-state index in [9.17, 15) is 4.79 Å². The smallest absolute Gasteiger partial charge is 0.287 e. The molecule has 7 nitrogen and oxygen atoms in total. The van der Waals surface area contributed by atoms with E-state index < -0.39 is 5.91 Å². The zero-order valence-electron chi connectivity index (χ0n) is 7.66. The molecule has 13 heavy (non-hydrogen) atoms. The molecule has 0 aliphatic heterocycles. The number of amides is 1. The van der Waals surface area contributed by atoms with E-state index in [1.165, 1.54) is 0 Å². The Morgan fingerprint density at radius 3 is 2.38 bits per heavy atom. The second-order valence-corrected chi connectivity index (χ2v) is 2.40. The maximum Gasteiger partial charge on any atom is 0.287 e. The highest BCUT2D eigenvalue weighted by Crippen LogP contribution is 1.97. The molecule has 74 valence electrons. The van der Waals surface area contributed by atoms with Gasteiger partial charge in [0.15, 0.2) is 5.70 Å². The Labute approximate surface area is 76.4 Å². The Balaban J connectivity index is 4.68. The molecular weight excluding hydrogens is 172 g/mol. The number of hydrogen-bond acceptors (Lipinski definition) is 6. The highest BCUT2D eigenvalue weighted by Gasteiger charge is 2.10. The SMILES string of the molecule is C=N/C(C(=O)NN)=C(/N)NN(C)C. The molecule has 0 fully saturated rings. The Kier molecular flexibility index (Phi) is 4.49. The lowest BCUT2D eigenvalue weighted by atomic mass is 10.4. The quantitative estimate of drug-likeness (QED) is 0.132. The second kappa shape index (κ2) is 5.12. The summed E-state index contributed by atoms with van der Waals surface area (Å²) >= 11 is 0. The van der Waals surface area contributed by atoms with Gasteiger partial charge in [-0.3, -0.25) is 15.2 Å². The fourth-order valence-electron chi connectivity index (χ4n) is 0.642. The fourth-order valence-corrected chi connectivity index (χ4v) is 0.642. The lowest BCUT2D eigenvalue weighted by molar-refractivity contribution is -0.117. The van der Waals surface area contributed by atoms with Gasteiger partial charge >= 0.3 is 0 Å². The first-order chi connectivity index (χ1) is 6.02. The summed E-state index contributed by atoms with van der Waals surface area (Å²) in [5, 5.41) is 1.56. The summed E-state index contributed by atoms with van der Waals surface area (Å²) in [4.78, 5) is 14.4. The summed E-state index contributed by atoms with van der Waals surface area (Å²) in [6.07, 6.45) is 0. The Morgan fingerprint density at radius 2 is 2.08 bits per heavy atom. The van der Waals surface area contributed by atoms with E-state index in [4.69, 9.17) is 11.6 Å². The molecule has 0 saturated heterocycles. The average Bonchev–Trinajstić information content (AvgIpc) is 2.03. The van der Waals surface area contributed by atoms with Gasteiger partial charge in [0.1, 0.15) is 5.82 Å². The average molecular weight is 186 g/mol. The molecule has 0 aromatic heterocycles. The van der Waals surface area contributed by atoms with Gasteiger partial charge in [-0.05, 0) is 6.72 Å². The van der Waals surface area contributed by atoms with E-state index in [1.807, 2.05) is 5.43 Å². The van der Waals surface area contributed by atoms with E-state index in [2.05, 4.69) is 17.1 Å². The van der Waals surface area contributed by atoms with Crippen molar-refractivity contribution in [1.29, 1.82) is 0 Å². The molecule has 6 N–H and O–H groups in total. The van der Waals surface area contributed by atoms with Crippen LogP contribution in [0.15, 0.2) is 16.5 Å². The molecule has 0 saturated carbocycles. The zero-order valence-corrected chi connectivity index (χ0v) is 7.66. The monoisotopic (exact) mass is 186 g/mol. The standard InChI is InChI=1S/C6H14N6O/c1-9-4(6(13)10-8)5(7)11-12(2)3/h11H,1,7-8H2,2-3H3,(H,10,13)/b5-4-. The van der Waals surface area contributed by atoms with Crippen LogP contribution in [0.5, 0.6) is 0 Å².